The van der Waals surface area contributed by atoms with Crippen molar-refractivity contribution in [2.24, 2.45) is 0 Å². The smallest absolute Gasteiger partial charge is 0.275 e. The third-order valence-corrected chi connectivity index (χ3v) is 2.95. The third-order valence-electron chi connectivity index (χ3n) is 2.95. The zero-order valence-corrected chi connectivity index (χ0v) is 12.3. The van der Waals surface area contributed by atoms with Crippen molar-refractivity contribution in [3.05, 3.63) is 38.4 Å². The molecule has 0 spiro atoms. The summed E-state index contributed by atoms with van der Waals surface area (Å²) in [6.07, 6.45) is 1.31. The van der Waals surface area contributed by atoms with Gasteiger partial charge in [0.05, 0.1) is 12.3 Å². The second-order valence-electron chi connectivity index (χ2n) is 4.68. The Hall–Kier alpha value is -2.90. The second kappa shape index (κ2) is 5.84. The van der Waals surface area contributed by atoms with E-state index < -0.39 is 22.5 Å². The average Bonchev–Trinajstić information content (AvgIpc) is 2.51. The largest absolute Gasteiger partial charge is 0.504 e. The molecule has 1 heterocycles. The summed E-state index contributed by atoms with van der Waals surface area (Å²) in [5.41, 5.74) is -1.57. The number of pyridine rings is 1. The highest BCUT2D eigenvalue weighted by molar-refractivity contribution is 5.96. The van der Waals surface area contributed by atoms with Crippen molar-refractivity contribution in [2.45, 2.75) is 6.92 Å². The van der Waals surface area contributed by atoms with E-state index in [1.54, 1.807) is 6.92 Å². The number of hydrogen-bond donors (Lipinski definition) is 2. The van der Waals surface area contributed by atoms with Gasteiger partial charge in [-0.1, -0.05) is 0 Å². The molecule has 2 aromatic rings. The quantitative estimate of drug-likeness (QED) is 0.761. The van der Waals surface area contributed by atoms with E-state index in [9.17, 15) is 19.5 Å². The Balaban J connectivity index is 2.38. The molecule has 0 fully saturated rings. The van der Waals surface area contributed by atoms with Crippen LogP contribution in [0.4, 0.5) is 11.4 Å². The predicted molar refractivity (Wildman–Crippen MR) is 79.7 cm³/mol. The summed E-state index contributed by atoms with van der Waals surface area (Å²) in [6.45, 7) is 1.91. The van der Waals surface area contributed by atoms with Gasteiger partial charge < -0.3 is 20.1 Å². The van der Waals surface area contributed by atoms with Crippen molar-refractivity contribution in [2.75, 3.05) is 26.0 Å². The number of rotatable bonds is 5. The van der Waals surface area contributed by atoms with Crippen LogP contribution < -0.4 is 20.9 Å². The summed E-state index contributed by atoms with van der Waals surface area (Å²) in [7, 11) is 3.04. The van der Waals surface area contributed by atoms with E-state index in [1.807, 2.05) is 0 Å². The van der Waals surface area contributed by atoms with E-state index in [4.69, 9.17) is 4.74 Å². The Labute approximate surface area is 125 Å². The molecule has 0 saturated heterocycles. The lowest BCUT2D eigenvalue weighted by Gasteiger charge is -2.16. The van der Waals surface area contributed by atoms with Gasteiger partial charge in [-0.3, -0.25) is 14.4 Å². The maximum atomic E-state index is 11.9. The number of ether oxygens (including phenoxy) is 1. The molecule has 0 aliphatic rings. The van der Waals surface area contributed by atoms with Crippen LogP contribution >= 0.6 is 0 Å². The Morgan fingerprint density at radius 2 is 2.05 bits per heavy atom. The summed E-state index contributed by atoms with van der Waals surface area (Å²) in [6, 6.07) is 1.38. The fourth-order valence-electron chi connectivity index (χ4n) is 1.82. The number of anilines is 2. The molecule has 1 aromatic carbocycles. The normalized spacial score (nSPS) is 10.5. The summed E-state index contributed by atoms with van der Waals surface area (Å²) in [5.74, 6) is -0.975. The van der Waals surface area contributed by atoms with E-state index >= 15 is 0 Å². The van der Waals surface area contributed by atoms with Gasteiger partial charge in [0.2, 0.25) is 0 Å². The van der Waals surface area contributed by atoms with Crippen LogP contribution in [-0.4, -0.2) is 41.6 Å². The van der Waals surface area contributed by atoms with Crippen LogP contribution in [0.1, 0.15) is 17.4 Å². The number of amides is 1. The van der Waals surface area contributed by atoms with Crippen molar-refractivity contribution >= 4 is 17.3 Å². The van der Waals surface area contributed by atoms with E-state index in [1.165, 1.54) is 31.3 Å². The molecule has 1 aromatic heterocycles. The SMILES string of the molecule is CCOc1c(Nc2ccnc(C(=O)N(C)C)c2O)c(=O)c1=O. The Morgan fingerprint density at radius 1 is 1.36 bits per heavy atom. The molecular weight excluding hydrogens is 290 g/mol. The van der Waals surface area contributed by atoms with Crippen LogP contribution in [-0.2, 0) is 0 Å². The highest BCUT2D eigenvalue weighted by atomic mass is 16.5. The molecule has 0 bridgehead atoms. The third kappa shape index (κ3) is 2.50. The monoisotopic (exact) mass is 305 g/mol. The molecule has 0 atom stereocenters. The van der Waals surface area contributed by atoms with Gasteiger partial charge in [0, 0.05) is 20.3 Å². The molecule has 8 nitrogen and oxygen atoms in total. The first-order valence-corrected chi connectivity index (χ1v) is 6.51. The molecular formula is C14H15N3O5. The number of nitrogens with zero attached hydrogens (tertiary/aromatic N) is 2. The highest BCUT2D eigenvalue weighted by Crippen LogP contribution is 2.31. The summed E-state index contributed by atoms with van der Waals surface area (Å²) >= 11 is 0. The van der Waals surface area contributed by atoms with E-state index in [0.717, 1.165) is 0 Å². The topological polar surface area (TPSA) is 109 Å². The summed E-state index contributed by atoms with van der Waals surface area (Å²) < 4.78 is 5.08. The summed E-state index contributed by atoms with van der Waals surface area (Å²) in [4.78, 5) is 39.9. The molecule has 0 aliphatic carbocycles. The maximum absolute atomic E-state index is 11.9. The lowest BCUT2D eigenvalue weighted by molar-refractivity contribution is 0.0819. The number of carbonyl (C=O) groups is 1. The molecule has 2 N–H and O–H groups in total. The zero-order chi connectivity index (χ0) is 16.4. The molecule has 0 unspecified atom stereocenters. The van der Waals surface area contributed by atoms with Crippen molar-refractivity contribution in [3.63, 3.8) is 0 Å². The van der Waals surface area contributed by atoms with Gasteiger partial charge in [0.1, 0.15) is 5.69 Å². The first kappa shape index (κ1) is 15.5. The molecule has 116 valence electrons. The van der Waals surface area contributed by atoms with Gasteiger partial charge in [0.25, 0.3) is 16.8 Å². The zero-order valence-electron chi connectivity index (χ0n) is 12.3. The van der Waals surface area contributed by atoms with Crippen LogP contribution in [0.5, 0.6) is 11.5 Å². The first-order valence-electron chi connectivity index (χ1n) is 6.51. The predicted octanol–water partition coefficient (Wildman–Crippen LogP) is 0.227. The van der Waals surface area contributed by atoms with Crippen molar-refractivity contribution in [3.8, 4) is 11.5 Å². The van der Waals surface area contributed by atoms with Crippen LogP contribution in [0.3, 0.4) is 0 Å². The van der Waals surface area contributed by atoms with Gasteiger partial charge >= 0.3 is 0 Å². The fraction of sp³-hybridized carbons (Fsp3) is 0.286. The first-order chi connectivity index (χ1) is 10.4. The highest BCUT2D eigenvalue weighted by Gasteiger charge is 2.25. The number of aromatic hydroxyl groups is 1. The molecule has 0 saturated carbocycles. The van der Waals surface area contributed by atoms with E-state index in [-0.39, 0.29) is 29.4 Å². The lowest BCUT2D eigenvalue weighted by Crippen LogP contribution is -2.35. The van der Waals surface area contributed by atoms with Crippen molar-refractivity contribution < 1.29 is 14.6 Å². The standard InChI is InChI=1S/C14H15N3O5/c1-4-22-13-8(11(19)12(13)20)16-7-5-6-15-9(10(7)18)14(21)17(2)3/h5-6,18H,4H2,1-3H3,(H,15,16). The minimum absolute atomic E-state index is 0.0448. The Kier molecular flexibility index (Phi) is 4.11. The van der Waals surface area contributed by atoms with Crippen LogP contribution in [0.25, 0.3) is 0 Å². The van der Waals surface area contributed by atoms with Gasteiger partial charge in [0.15, 0.2) is 17.2 Å². The minimum atomic E-state index is -0.736. The van der Waals surface area contributed by atoms with Crippen molar-refractivity contribution in [1.82, 2.24) is 9.88 Å². The minimum Gasteiger partial charge on any atom is -0.504 e. The second-order valence-corrected chi connectivity index (χ2v) is 4.68. The maximum Gasteiger partial charge on any atom is 0.275 e. The number of carbonyl (C=O) groups excluding carboxylic acids is 1. The summed E-state index contributed by atoms with van der Waals surface area (Å²) in [5, 5.41) is 12.7. The number of hydrogen-bond acceptors (Lipinski definition) is 7. The molecule has 22 heavy (non-hydrogen) atoms. The van der Waals surface area contributed by atoms with Crippen LogP contribution in [0.15, 0.2) is 21.9 Å². The molecule has 8 heteroatoms. The van der Waals surface area contributed by atoms with Gasteiger partial charge in [-0.05, 0) is 13.0 Å². The van der Waals surface area contributed by atoms with Gasteiger partial charge in [-0.25, -0.2) is 4.98 Å². The Morgan fingerprint density at radius 3 is 2.64 bits per heavy atom. The average molecular weight is 305 g/mol. The molecule has 2 rings (SSSR count). The lowest BCUT2D eigenvalue weighted by atomic mass is 10.2. The van der Waals surface area contributed by atoms with Gasteiger partial charge in [-0.15, -0.1) is 0 Å². The van der Waals surface area contributed by atoms with Crippen LogP contribution in [0.2, 0.25) is 0 Å². The number of aromatic nitrogens is 1. The fourth-order valence-corrected chi connectivity index (χ4v) is 1.82. The van der Waals surface area contributed by atoms with Crippen molar-refractivity contribution in [1.29, 1.82) is 0 Å². The van der Waals surface area contributed by atoms with E-state index in [0.29, 0.717) is 0 Å². The van der Waals surface area contributed by atoms with Crippen LogP contribution in [0, 0.1) is 0 Å². The molecule has 1 amide bonds. The Bertz CT molecular complexity index is 790. The molecule has 0 radical (unpaired) electrons. The van der Waals surface area contributed by atoms with Gasteiger partial charge in [-0.2, -0.15) is 0 Å². The molecule has 0 aliphatic heterocycles. The van der Waals surface area contributed by atoms with E-state index in [2.05, 4.69) is 10.3 Å². The number of nitrogens with one attached hydrogen (secondary N) is 1.